The van der Waals surface area contributed by atoms with Crippen molar-refractivity contribution in [3.05, 3.63) is 58.1 Å². The molecule has 0 aliphatic heterocycles. The van der Waals surface area contributed by atoms with Gasteiger partial charge in [-0.15, -0.1) is 10.2 Å². The van der Waals surface area contributed by atoms with Gasteiger partial charge in [-0.05, 0) is 36.4 Å². The van der Waals surface area contributed by atoms with Gasteiger partial charge in [0.05, 0.1) is 17.7 Å². The maximum atomic E-state index is 12.8. The molecule has 11 heteroatoms. The number of carbonyl (C=O) groups excluding carboxylic acids is 1. The third-order valence-electron chi connectivity index (χ3n) is 3.97. The van der Waals surface area contributed by atoms with Crippen molar-refractivity contribution in [3.63, 3.8) is 0 Å². The summed E-state index contributed by atoms with van der Waals surface area (Å²) >= 11 is 7.23. The highest BCUT2D eigenvalue weighted by Gasteiger charge is 2.19. The molecule has 0 spiro atoms. The molecule has 30 heavy (non-hydrogen) atoms. The van der Waals surface area contributed by atoms with Crippen LogP contribution in [0.25, 0.3) is 0 Å². The summed E-state index contributed by atoms with van der Waals surface area (Å²) in [6, 6.07) is 10.2. The van der Waals surface area contributed by atoms with Gasteiger partial charge in [-0.25, -0.2) is 8.42 Å². The number of halogens is 1. The summed E-state index contributed by atoms with van der Waals surface area (Å²) in [5.74, 6) is 0.0177. The van der Waals surface area contributed by atoms with Crippen LogP contribution in [-0.2, 0) is 10.0 Å². The zero-order chi connectivity index (χ0) is 21.9. The quantitative estimate of drug-likeness (QED) is 0.534. The second kappa shape index (κ2) is 8.99. The third-order valence-corrected chi connectivity index (χ3v) is 6.70. The smallest absolute Gasteiger partial charge is 0.262 e. The van der Waals surface area contributed by atoms with Gasteiger partial charge < -0.3 is 4.74 Å². The third kappa shape index (κ3) is 5.07. The molecule has 3 rings (SSSR count). The van der Waals surface area contributed by atoms with E-state index >= 15 is 0 Å². The van der Waals surface area contributed by atoms with Crippen molar-refractivity contribution in [1.82, 2.24) is 10.2 Å². The first-order valence-electron chi connectivity index (χ1n) is 8.81. The van der Waals surface area contributed by atoms with Gasteiger partial charge in [-0.2, -0.15) is 0 Å². The van der Waals surface area contributed by atoms with Gasteiger partial charge >= 0.3 is 0 Å². The number of rotatable bonds is 7. The Hall–Kier alpha value is -2.69. The zero-order valence-corrected chi connectivity index (χ0v) is 18.7. The predicted molar refractivity (Wildman–Crippen MR) is 117 cm³/mol. The number of anilines is 2. The van der Waals surface area contributed by atoms with Gasteiger partial charge in [0.25, 0.3) is 15.9 Å². The van der Waals surface area contributed by atoms with Crippen molar-refractivity contribution >= 4 is 49.7 Å². The monoisotopic (exact) mass is 466 g/mol. The Kier molecular flexibility index (Phi) is 6.59. The number of hydrogen-bond donors (Lipinski definition) is 2. The maximum Gasteiger partial charge on any atom is 0.262 e. The minimum absolute atomic E-state index is 0.0858. The lowest BCUT2D eigenvalue weighted by Crippen LogP contribution is -2.16. The van der Waals surface area contributed by atoms with E-state index in [0.29, 0.717) is 15.9 Å². The number of sulfonamides is 1. The Morgan fingerprint density at radius 2 is 1.93 bits per heavy atom. The fourth-order valence-electron chi connectivity index (χ4n) is 2.46. The standard InChI is InChI=1S/C19H19ClN4O4S2/c1-11(2)18-22-23-19(29-18)21-17(25)12-5-4-6-14(9-12)30(26,27)24-15-10-13(20)7-8-16(15)28-3/h4-11,24H,1-3H3,(H,21,23,25). The van der Waals surface area contributed by atoms with E-state index in [4.69, 9.17) is 16.3 Å². The first-order valence-corrected chi connectivity index (χ1v) is 11.5. The van der Waals surface area contributed by atoms with E-state index in [2.05, 4.69) is 20.2 Å². The lowest BCUT2D eigenvalue weighted by molar-refractivity contribution is 0.102. The molecule has 1 amide bonds. The summed E-state index contributed by atoms with van der Waals surface area (Å²) in [4.78, 5) is 12.5. The molecule has 0 bridgehead atoms. The number of carbonyl (C=O) groups is 1. The van der Waals surface area contributed by atoms with E-state index in [9.17, 15) is 13.2 Å². The maximum absolute atomic E-state index is 12.8. The van der Waals surface area contributed by atoms with E-state index in [1.807, 2.05) is 13.8 Å². The van der Waals surface area contributed by atoms with Crippen LogP contribution in [0.4, 0.5) is 10.8 Å². The van der Waals surface area contributed by atoms with Crippen LogP contribution in [0, 0.1) is 0 Å². The summed E-state index contributed by atoms with van der Waals surface area (Å²) in [5, 5.41) is 12.1. The lowest BCUT2D eigenvalue weighted by Gasteiger charge is -2.12. The SMILES string of the molecule is COc1ccc(Cl)cc1NS(=O)(=O)c1cccc(C(=O)Nc2nnc(C(C)C)s2)c1. The Labute approximate surface area is 183 Å². The number of amides is 1. The number of aromatic nitrogens is 2. The molecule has 1 heterocycles. The van der Waals surface area contributed by atoms with E-state index in [1.54, 1.807) is 12.1 Å². The summed E-state index contributed by atoms with van der Waals surface area (Å²) < 4.78 is 33.3. The molecule has 0 saturated carbocycles. The number of ether oxygens (including phenoxy) is 1. The highest BCUT2D eigenvalue weighted by molar-refractivity contribution is 7.92. The predicted octanol–water partition coefficient (Wildman–Crippen LogP) is 4.38. The minimum Gasteiger partial charge on any atom is -0.495 e. The molecule has 0 saturated heterocycles. The van der Waals surface area contributed by atoms with E-state index < -0.39 is 15.9 Å². The van der Waals surface area contributed by atoms with Gasteiger partial charge in [-0.3, -0.25) is 14.8 Å². The van der Waals surface area contributed by atoms with Crippen LogP contribution in [0.3, 0.4) is 0 Å². The average molecular weight is 467 g/mol. The van der Waals surface area contributed by atoms with Gasteiger partial charge in [0.1, 0.15) is 10.8 Å². The molecule has 0 unspecified atom stereocenters. The Morgan fingerprint density at radius 3 is 2.60 bits per heavy atom. The molecule has 3 aromatic rings. The fraction of sp³-hybridized carbons (Fsp3) is 0.211. The van der Waals surface area contributed by atoms with Gasteiger partial charge in [-0.1, -0.05) is 42.9 Å². The summed E-state index contributed by atoms with van der Waals surface area (Å²) in [5.41, 5.74) is 0.354. The Balaban J connectivity index is 1.83. The molecule has 0 fully saturated rings. The fourth-order valence-corrected chi connectivity index (χ4v) is 4.48. The highest BCUT2D eigenvalue weighted by Crippen LogP contribution is 2.30. The molecule has 2 aromatic carbocycles. The van der Waals surface area contributed by atoms with Crippen LogP contribution in [0.15, 0.2) is 47.4 Å². The second-order valence-corrected chi connectivity index (χ2v) is 9.66. The van der Waals surface area contributed by atoms with Crippen LogP contribution in [0.1, 0.15) is 35.1 Å². The largest absolute Gasteiger partial charge is 0.495 e. The van der Waals surface area contributed by atoms with Gasteiger partial charge in [0.15, 0.2) is 0 Å². The van der Waals surface area contributed by atoms with Crippen LogP contribution < -0.4 is 14.8 Å². The van der Waals surface area contributed by atoms with Crippen LogP contribution >= 0.6 is 22.9 Å². The van der Waals surface area contributed by atoms with E-state index in [-0.39, 0.29) is 22.1 Å². The molecule has 2 N–H and O–H groups in total. The van der Waals surface area contributed by atoms with Crippen molar-refractivity contribution in [2.75, 3.05) is 17.1 Å². The van der Waals surface area contributed by atoms with Crippen LogP contribution in [0.2, 0.25) is 5.02 Å². The van der Waals surface area contributed by atoms with Gasteiger partial charge in [0.2, 0.25) is 5.13 Å². The molecule has 0 radical (unpaired) electrons. The van der Waals surface area contributed by atoms with Crippen molar-refractivity contribution < 1.29 is 17.9 Å². The van der Waals surface area contributed by atoms with Crippen molar-refractivity contribution in [1.29, 1.82) is 0 Å². The molecule has 0 atom stereocenters. The first kappa shape index (κ1) is 22.0. The molecule has 158 valence electrons. The second-order valence-electron chi connectivity index (χ2n) is 6.53. The average Bonchev–Trinajstić information content (AvgIpc) is 3.17. The lowest BCUT2D eigenvalue weighted by atomic mass is 10.2. The first-order chi connectivity index (χ1) is 14.2. The topological polar surface area (TPSA) is 110 Å². The van der Waals surface area contributed by atoms with Crippen LogP contribution in [0.5, 0.6) is 5.75 Å². The highest BCUT2D eigenvalue weighted by atomic mass is 35.5. The van der Waals surface area contributed by atoms with Crippen molar-refractivity contribution in [2.45, 2.75) is 24.7 Å². The summed E-state index contributed by atoms with van der Waals surface area (Å²) in [7, 11) is -2.57. The zero-order valence-electron chi connectivity index (χ0n) is 16.3. The molecular formula is C19H19ClN4O4S2. The Morgan fingerprint density at radius 1 is 1.17 bits per heavy atom. The number of nitrogens with one attached hydrogen (secondary N) is 2. The summed E-state index contributed by atoms with van der Waals surface area (Å²) in [6.07, 6.45) is 0. The van der Waals surface area contributed by atoms with E-state index in [1.165, 1.54) is 48.8 Å². The van der Waals surface area contributed by atoms with E-state index in [0.717, 1.165) is 5.01 Å². The molecule has 8 nitrogen and oxygen atoms in total. The van der Waals surface area contributed by atoms with Gasteiger partial charge in [0, 0.05) is 16.5 Å². The molecular weight excluding hydrogens is 448 g/mol. The number of benzene rings is 2. The van der Waals surface area contributed by atoms with Crippen LogP contribution in [-0.4, -0.2) is 31.6 Å². The molecule has 0 aliphatic rings. The van der Waals surface area contributed by atoms with Crippen molar-refractivity contribution in [2.24, 2.45) is 0 Å². The number of hydrogen-bond acceptors (Lipinski definition) is 7. The summed E-state index contributed by atoms with van der Waals surface area (Å²) in [6.45, 7) is 3.95. The van der Waals surface area contributed by atoms with Crippen molar-refractivity contribution in [3.8, 4) is 5.75 Å². The number of nitrogens with zero attached hydrogens (tertiary/aromatic N) is 2. The number of methoxy groups -OCH3 is 1. The Bertz CT molecular complexity index is 1180. The minimum atomic E-state index is -3.99. The molecule has 1 aromatic heterocycles. The normalized spacial score (nSPS) is 11.4. The molecule has 0 aliphatic carbocycles.